The second-order valence-corrected chi connectivity index (χ2v) is 2.78. The molecule has 0 saturated carbocycles. The lowest BCUT2D eigenvalue weighted by Gasteiger charge is -1.96. The summed E-state index contributed by atoms with van der Waals surface area (Å²) in [6.07, 6.45) is 0. The first kappa shape index (κ1) is 8.57. The molecule has 0 heterocycles. The molecule has 3 heteroatoms. The minimum absolute atomic E-state index is 0.719. The van der Waals surface area contributed by atoms with Crippen molar-refractivity contribution in [2.24, 2.45) is 4.51 Å². The molecule has 0 aliphatic carbocycles. The van der Waals surface area contributed by atoms with E-state index in [1.54, 1.807) is 0 Å². The van der Waals surface area contributed by atoms with Crippen LogP contribution in [0.5, 0.6) is 0 Å². The Morgan fingerprint density at radius 2 is 1.82 bits per heavy atom. The van der Waals surface area contributed by atoms with Crippen LogP contribution in [-0.4, -0.2) is 5.71 Å². The normalized spacial score (nSPS) is 11.7. The first-order chi connectivity index (χ1) is 5.24. The summed E-state index contributed by atoms with van der Waals surface area (Å²) < 4.78 is 3.53. The minimum Gasteiger partial charge on any atom is -0.182 e. The molecule has 1 aromatic rings. The van der Waals surface area contributed by atoms with Crippen molar-refractivity contribution in [2.75, 3.05) is 0 Å². The highest BCUT2D eigenvalue weighted by Gasteiger charge is 1.94. The Hall–Kier alpha value is -0.530. The number of halogens is 2. The van der Waals surface area contributed by atoms with Crippen molar-refractivity contribution in [3.8, 4) is 0 Å². The molecular formula is C8H7Cl2N. The van der Waals surface area contributed by atoms with Gasteiger partial charge in [-0.05, 0) is 24.6 Å². The van der Waals surface area contributed by atoms with Crippen molar-refractivity contribution in [3.05, 3.63) is 34.9 Å². The number of nitrogens with zero attached hydrogens (tertiary/aromatic N) is 1. The van der Waals surface area contributed by atoms with Crippen molar-refractivity contribution >= 4 is 29.1 Å². The molecule has 1 nitrogen and oxygen atoms in total. The van der Waals surface area contributed by atoms with E-state index in [0.29, 0.717) is 0 Å². The van der Waals surface area contributed by atoms with Gasteiger partial charge >= 0.3 is 0 Å². The van der Waals surface area contributed by atoms with Crippen LogP contribution in [0.15, 0.2) is 28.8 Å². The third-order valence-electron chi connectivity index (χ3n) is 1.39. The number of rotatable bonds is 1. The summed E-state index contributed by atoms with van der Waals surface area (Å²) in [5, 5.41) is 0.719. The monoisotopic (exact) mass is 187 g/mol. The topological polar surface area (TPSA) is 12.4 Å². The van der Waals surface area contributed by atoms with Crippen molar-refractivity contribution in [1.29, 1.82) is 0 Å². The van der Waals surface area contributed by atoms with Crippen LogP contribution in [0.3, 0.4) is 0 Å². The Kier molecular flexibility index (Phi) is 2.92. The summed E-state index contributed by atoms with van der Waals surface area (Å²) in [6, 6.07) is 7.37. The fourth-order valence-electron chi connectivity index (χ4n) is 0.740. The first-order valence-corrected chi connectivity index (χ1v) is 3.87. The molecule has 0 aliphatic heterocycles. The van der Waals surface area contributed by atoms with E-state index in [1.807, 2.05) is 31.2 Å². The maximum atomic E-state index is 5.69. The van der Waals surface area contributed by atoms with Crippen molar-refractivity contribution in [3.63, 3.8) is 0 Å². The molecule has 1 rings (SSSR count). The Morgan fingerprint density at radius 1 is 1.27 bits per heavy atom. The molecule has 0 bridgehead atoms. The van der Waals surface area contributed by atoms with Gasteiger partial charge in [0.15, 0.2) is 0 Å². The Morgan fingerprint density at radius 3 is 2.27 bits per heavy atom. The van der Waals surface area contributed by atoms with Crippen LogP contribution in [0.2, 0.25) is 5.02 Å². The summed E-state index contributed by atoms with van der Waals surface area (Å²) in [5.74, 6) is 0. The largest absolute Gasteiger partial charge is 0.182 e. The van der Waals surface area contributed by atoms with Gasteiger partial charge in [0.25, 0.3) is 0 Å². The van der Waals surface area contributed by atoms with E-state index in [9.17, 15) is 0 Å². The van der Waals surface area contributed by atoms with Crippen LogP contribution >= 0.6 is 23.4 Å². The van der Waals surface area contributed by atoms with Gasteiger partial charge in [-0.3, -0.25) is 0 Å². The van der Waals surface area contributed by atoms with Crippen LogP contribution in [0.1, 0.15) is 12.5 Å². The summed E-state index contributed by atoms with van der Waals surface area (Å²) in [6.45, 7) is 1.84. The molecule has 0 unspecified atom stereocenters. The third-order valence-corrected chi connectivity index (χ3v) is 1.89. The first-order valence-electron chi connectivity index (χ1n) is 3.15. The average molecular weight is 188 g/mol. The van der Waals surface area contributed by atoms with E-state index >= 15 is 0 Å². The summed E-state index contributed by atoms with van der Waals surface area (Å²) in [4.78, 5) is 0. The number of benzene rings is 1. The summed E-state index contributed by atoms with van der Waals surface area (Å²) in [7, 11) is 0. The van der Waals surface area contributed by atoms with Crippen molar-refractivity contribution in [1.82, 2.24) is 0 Å². The third kappa shape index (κ3) is 2.21. The van der Waals surface area contributed by atoms with Gasteiger partial charge in [0.1, 0.15) is 0 Å². The Balaban J connectivity index is 2.99. The van der Waals surface area contributed by atoms with E-state index in [4.69, 9.17) is 23.4 Å². The lowest BCUT2D eigenvalue weighted by Crippen LogP contribution is -1.90. The highest BCUT2D eigenvalue weighted by molar-refractivity contribution is 6.30. The molecule has 0 atom stereocenters. The van der Waals surface area contributed by atoms with Crippen LogP contribution < -0.4 is 0 Å². The van der Waals surface area contributed by atoms with Gasteiger partial charge < -0.3 is 0 Å². The fraction of sp³-hybridized carbons (Fsp3) is 0.125. The van der Waals surface area contributed by atoms with Crippen molar-refractivity contribution < 1.29 is 0 Å². The van der Waals surface area contributed by atoms with E-state index in [2.05, 4.69) is 4.51 Å². The molecule has 1 aromatic carbocycles. The van der Waals surface area contributed by atoms with Crippen LogP contribution in [0.25, 0.3) is 0 Å². The molecular weight excluding hydrogens is 181 g/mol. The van der Waals surface area contributed by atoms with Gasteiger partial charge in [0, 0.05) is 16.8 Å². The molecule has 58 valence electrons. The molecule has 0 aliphatic rings. The van der Waals surface area contributed by atoms with Crippen LogP contribution in [0.4, 0.5) is 0 Å². The zero-order chi connectivity index (χ0) is 8.27. The molecule has 0 spiro atoms. The van der Waals surface area contributed by atoms with E-state index in [0.717, 1.165) is 16.3 Å². The van der Waals surface area contributed by atoms with Gasteiger partial charge in [0.05, 0.1) is 5.71 Å². The highest BCUT2D eigenvalue weighted by atomic mass is 35.5. The maximum Gasteiger partial charge on any atom is 0.0592 e. The standard InChI is InChI=1S/C8H7Cl2N/c1-6(11-10)7-2-4-8(9)5-3-7/h2-5H,1H3/b11-6+. The lowest BCUT2D eigenvalue weighted by atomic mass is 10.1. The molecule has 11 heavy (non-hydrogen) atoms. The van der Waals surface area contributed by atoms with Crippen molar-refractivity contribution in [2.45, 2.75) is 6.92 Å². The molecule has 0 saturated heterocycles. The maximum absolute atomic E-state index is 5.69. The van der Waals surface area contributed by atoms with E-state index in [-0.39, 0.29) is 0 Å². The smallest absolute Gasteiger partial charge is 0.0592 e. The number of hydrogen-bond acceptors (Lipinski definition) is 1. The predicted octanol–water partition coefficient (Wildman–Crippen LogP) is 3.30. The average Bonchev–Trinajstić information content (AvgIpc) is 2.05. The van der Waals surface area contributed by atoms with Gasteiger partial charge in [0.2, 0.25) is 0 Å². The Labute approximate surface area is 75.8 Å². The zero-order valence-corrected chi connectivity index (χ0v) is 7.52. The van der Waals surface area contributed by atoms with Gasteiger partial charge in [-0.25, -0.2) is 0 Å². The number of hydrogen-bond donors (Lipinski definition) is 0. The van der Waals surface area contributed by atoms with Gasteiger partial charge in [-0.15, -0.1) is 0 Å². The van der Waals surface area contributed by atoms with Gasteiger partial charge in [-0.1, -0.05) is 23.7 Å². The SMILES string of the molecule is C/C(=N\Cl)c1ccc(Cl)cc1. The second kappa shape index (κ2) is 3.74. The van der Waals surface area contributed by atoms with Crippen LogP contribution in [0, 0.1) is 0 Å². The Bertz CT molecular complexity index is 264. The molecule has 0 fully saturated rings. The van der Waals surface area contributed by atoms with E-state index in [1.165, 1.54) is 0 Å². The molecule has 0 aromatic heterocycles. The highest BCUT2D eigenvalue weighted by Crippen LogP contribution is 2.10. The summed E-state index contributed by atoms with van der Waals surface area (Å²) >= 11 is 11.0. The second-order valence-electron chi connectivity index (χ2n) is 2.18. The van der Waals surface area contributed by atoms with Crippen LogP contribution in [-0.2, 0) is 0 Å². The molecule has 0 radical (unpaired) electrons. The fourth-order valence-corrected chi connectivity index (χ4v) is 0.963. The minimum atomic E-state index is 0.719. The zero-order valence-electron chi connectivity index (χ0n) is 6.01. The van der Waals surface area contributed by atoms with Gasteiger partial charge in [-0.2, -0.15) is 4.51 Å². The quantitative estimate of drug-likeness (QED) is 0.599. The van der Waals surface area contributed by atoms with E-state index < -0.39 is 0 Å². The molecule has 0 amide bonds. The predicted molar refractivity (Wildman–Crippen MR) is 49.5 cm³/mol. The molecule has 0 N–H and O–H groups in total. The summed E-state index contributed by atoms with van der Waals surface area (Å²) in [5.41, 5.74) is 1.78. The lowest BCUT2D eigenvalue weighted by molar-refractivity contribution is 1.60.